The van der Waals surface area contributed by atoms with Gasteiger partial charge in [-0.15, -0.1) is 0 Å². The molecule has 0 spiro atoms. The standard InChI is InChI=1S/C29H47N5O5/c1-32(2)15-8-7-14-30-27(36)23-20-25-28(37)31-24(13-6-9-16-34(3,4)5)29(38)33(25)26(23)21-11-10-12-22(19-21)39-18-17-35/h10-12,19,23-26,35H,6-9,13-18,20H2,1-5H3,(H-,30,31,36,37)/p+1/t23-,24+,25-,26-/m1/s1. The Balaban J connectivity index is 1.80. The number of amides is 3. The van der Waals surface area contributed by atoms with Gasteiger partial charge in [-0.05, 0) is 76.9 Å². The Morgan fingerprint density at radius 1 is 1.18 bits per heavy atom. The number of hydrogen-bond donors (Lipinski definition) is 3. The van der Waals surface area contributed by atoms with E-state index in [0.29, 0.717) is 18.7 Å². The summed E-state index contributed by atoms with van der Waals surface area (Å²) in [7, 11) is 10.5. The van der Waals surface area contributed by atoms with Crippen molar-refractivity contribution in [2.75, 3.05) is 68.1 Å². The second-order valence-electron chi connectivity index (χ2n) is 12.1. The van der Waals surface area contributed by atoms with E-state index in [1.165, 1.54) is 0 Å². The number of benzene rings is 1. The van der Waals surface area contributed by atoms with Crippen molar-refractivity contribution >= 4 is 17.7 Å². The Hall–Kier alpha value is -2.69. The average Bonchev–Trinajstić information content (AvgIpc) is 3.29. The zero-order valence-electron chi connectivity index (χ0n) is 24.3. The minimum atomic E-state index is -0.684. The fraction of sp³-hybridized carbons (Fsp3) is 0.690. The first-order chi connectivity index (χ1) is 18.5. The minimum Gasteiger partial charge on any atom is -0.491 e. The summed E-state index contributed by atoms with van der Waals surface area (Å²) in [6, 6.07) is 5.46. The number of carbonyl (C=O) groups excluding carboxylic acids is 3. The summed E-state index contributed by atoms with van der Waals surface area (Å²) in [6.07, 6.45) is 4.46. The lowest BCUT2D eigenvalue weighted by atomic mass is 9.92. The molecule has 218 valence electrons. The summed E-state index contributed by atoms with van der Waals surface area (Å²) in [5.74, 6) is -0.453. The highest BCUT2D eigenvalue weighted by molar-refractivity contribution is 5.99. The van der Waals surface area contributed by atoms with Crippen LogP contribution in [0.5, 0.6) is 5.75 Å². The van der Waals surface area contributed by atoms with E-state index in [4.69, 9.17) is 4.74 Å². The number of ether oxygens (including phenoxy) is 1. The third-order valence-corrected chi connectivity index (χ3v) is 7.46. The van der Waals surface area contributed by atoms with Crippen molar-refractivity contribution in [2.45, 2.75) is 56.7 Å². The number of fused-ring (bicyclic) bond motifs is 1. The summed E-state index contributed by atoms with van der Waals surface area (Å²) >= 11 is 0. The van der Waals surface area contributed by atoms with E-state index >= 15 is 0 Å². The fourth-order valence-corrected chi connectivity index (χ4v) is 5.53. The molecular weight excluding hydrogens is 498 g/mol. The molecule has 0 saturated carbocycles. The number of unbranched alkanes of at least 4 members (excludes halogenated alkanes) is 2. The highest BCUT2D eigenvalue weighted by atomic mass is 16.5. The fourth-order valence-electron chi connectivity index (χ4n) is 5.53. The average molecular weight is 547 g/mol. The van der Waals surface area contributed by atoms with Gasteiger partial charge in [-0.1, -0.05) is 12.1 Å². The van der Waals surface area contributed by atoms with Gasteiger partial charge in [0.15, 0.2) is 0 Å². The SMILES string of the molecule is CN(C)CCCCNC(=O)[C@@H]1C[C@@H]2C(=O)N[C@@H](CCCC[N+](C)(C)C)C(=O)N2[C@@H]1c1cccc(OCCO)c1. The molecule has 3 rings (SSSR count). The molecule has 0 radical (unpaired) electrons. The van der Waals surface area contributed by atoms with E-state index in [-0.39, 0.29) is 37.4 Å². The van der Waals surface area contributed by atoms with Crippen molar-refractivity contribution in [1.29, 1.82) is 0 Å². The largest absolute Gasteiger partial charge is 0.491 e. The molecule has 4 atom stereocenters. The molecule has 2 saturated heterocycles. The third kappa shape index (κ3) is 8.65. The number of quaternary nitrogens is 1. The molecule has 2 aliphatic rings. The number of rotatable bonds is 15. The third-order valence-electron chi connectivity index (χ3n) is 7.46. The second kappa shape index (κ2) is 14.1. The smallest absolute Gasteiger partial charge is 0.246 e. The predicted octanol–water partition coefficient (Wildman–Crippen LogP) is 1.15. The molecule has 10 heteroatoms. The van der Waals surface area contributed by atoms with Crippen molar-refractivity contribution in [1.82, 2.24) is 20.4 Å². The molecule has 0 bridgehead atoms. The molecule has 2 heterocycles. The Morgan fingerprint density at radius 3 is 2.64 bits per heavy atom. The topological polar surface area (TPSA) is 111 Å². The molecule has 1 aromatic rings. The maximum Gasteiger partial charge on any atom is 0.246 e. The van der Waals surface area contributed by atoms with Gasteiger partial charge in [0, 0.05) is 6.54 Å². The van der Waals surface area contributed by atoms with Gasteiger partial charge in [0.2, 0.25) is 17.7 Å². The van der Waals surface area contributed by atoms with Gasteiger partial charge in [-0.2, -0.15) is 0 Å². The van der Waals surface area contributed by atoms with Crippen LogP contribution < -0.4 is 15.4 Å². The van der Waals surface area contributed by atoms with Crippen LogP contribution in [-0.2, 0) is 14.4 Å². The Labute approximate surface area is 233 Å². The molecule has 0 unspecified atom stereocenters. The summed E-state index contributed by atoms with van der Waals surface area (Å²) in [4.78, 5) is 44.3. The predicted molar refractivity (Wildman–Crippen MR) is 150 cm³/mol. The molecule has 0 aromatic heterocycles. The second-order valence-corrected chi connectivity index (χ2v) is 12.1. The van der Waals surface area contributed by atoms with Crippen LogP contribution in [0.3, 0.4) is 0 Å². The summed E-state index contributed by atoms with van der Waals surface area (Å²) in [5.41, 5.74) is 0.757. The van der Waals surface area contributed by atoms with E-state index in [0.717, 1.165) is 48.8 Å². The first-order valence-corrected chi connectivity index (χ1v) is 14.2. The maximum atomic E-state index is 13.8. The lowest BCUT2D eigenvalue weighted by molar-refractivity contribution is -0.870. The first-order valence-electron chi connectivity index (χ1n) is 14.2. The van der Waals surface area contributed by atoms with E-state index in [9.17, 15) is 19.5 Å². The van der Waals surface area contributed by atoms with Gasteiger partial charge in [0.05, 0.1) is 46.3 Å². The van der Waals surface area contributed by atoms with Crippen LogP contribution in [0.1, 0.15) is 50.1 Å². The lowest BCUT2D eigenvalue weighted by Crippen LogP contribution is -2.61. The van der Waals surface area contributed by atoms with Crippen LogP contribution in [0, 0.1) is 5.92 Å². The van der Waals surface area contributed by atoms with Crippen LogP contribution in [-0.4, -0.2) is 117 Å². The number of aliphatic hydroxyl groups is 1. The van der Waals surface area contributed by atoms with Gasteiger partial charge < -0.3 is 34.8 Å². The molecule has 2 fully saturated rings. The lowest BCUT2D eigenvalue weighted by Gasteiger charge is -2.38. The van der Waals surface area contributed by atoms with Crippen LogP contribution in [0.15, 0.2) is 24.3 Å². The number of carbonyl (C=O) groups is 3. The molecule has 1 aromatic carbocycles. The van der Waals surface area contributed by atoms with Crippen molar-refractivity contribution in [3.8, 4) is 5.75 Å². The number of piperazine rings is 1. The Morgan fingerprint density at radius 2 is 1.95 bits per heavy atom. The van der Waals surface area contributed by atoms with Gasteiger partial charge in [-0.25, -0.2) is 0 Å². The number of nitrogens with one attached hydrogen (secondary N) is 2. The zero-order valence-corrected chi connectivity index (χ0v) is 24.3. The highest BCUT2D eigenvalue weighted by Crippen LogP contribution is 2.44. The van der Waals surface area contributed by atoms with Crippen LogP contribution in [0.25, 0.3) is 0 Å². The first kappa shape index (κ1) is 30.8. The summed E-state index contributed by atoms with van der Waals surface area (Å²) < 4.78 is 6.47. The van der Waals surface area contributed by atoms with Crippen molar-refractivity contribution in [2.24, 2.45) is 5.92 Å². The Bertz CT molecular complexity index is 979. The number of hydrogen-bond acceptors (Lipinski definition) is 6. The minimum absolute atomic E-state index is 0.116. The monoisotopic (exact) mass is 546 g/mol. The molecule has 39 heavy (non-hydrogen) atoms. The number of aliphatic hydroxyl groups excluding tert-OH is 1. The van der Waals surface area contributed by atoms with Crippen LogP contribution in [0.4, 0.5) is 0 Å². The molecule has 2 aliphatic heterocycles. The molecular formula is C29H48N5O5+. The van der Waals surface area contributed by atoms with Gasteiger partial charge in [0.1, 0.15) is 24.4 Å². The van der Waals surface area contributed by atoms with E-state index in [2.05, 4.69) is 36.7 Å². The van der Waals surface area contributed by atoms with Gasteiger partial charge in [0.25, 0.3) is 0 Å². The Kier molecular flexibility index (Phi) is 11.1. The van der Waals surface area contributed by atoms with Crippen LogP contribution >= 0.6 is 0 Å². The normalized spacial score (nSPS) is 23.1. The van der Waals surface area contributed by atoms with E-state index < -0.39 is 24.0 Å². The van der Waals surface area contributed by atoms with Gasteiger partial charge in [-0.3, -0.25) is 14.4 Å². The van der Waals surface area contributed by atoms with Crippen LogP contribution in [0.2, 0.25) is 0 Å². The van der Waals surface area contributed by atoms with Crippen molar-refractivity contribution in [3.05, 3.63) is 29.8 Å². The summed E-state index contributed by atoms with van der Waals surface area (Å²) in [5, 5.41) is 15.2. The summed E-state index contributed by atoms with van der Waals surface area (Å²) in [6.45, 7) is 2.52. The maximum absolute atomic E-state index is 13.8. The van der Waals surface area contributed by atoms with E-state index in [1.807, 2.05) is 32.3 Å². The molecule has 0 aliphatic carbocycles. The molecule has 10 nitrogen and oxygen atoms in total. The molecule has 3 N–H and O–H groups in total. The number of nitrogens with zero attached hydrogens (tertiary/aromatic N) is 3. The van der Waals surface area contributed by atoms with Gasteiger partial charge >= 0.3 is 0 Å². The van der Waals surface area contributed by atoms with Crippen molar-refractivity contribution < 1.29 is 28.7 Å². The van der Waals surface area contributed by atoms with E-state index in [1.54, 1.807) is 11.0 Å². The quantitative estimate of drug-likeness (QED) is 0.225. The zero-order chi connectivity index (χ0) is 28.6. The highest BCUT2D eigenvalue weighted by Gasteiger charge is 2.54. The van der Waals surface area contributed by atoms with Crippen molar-refractivity contribution in [3.63, 3.8) is 0 Å². The molecule has 3 amide bonds.